The Morgan fingerprint density at radius 1 is 1.04 bits per heavy atom. The van der Waals surface area contributed by atoms with Crippen LogP contribution in [0.1, 0.15) is 5.69 Å². The highest BCUT2D eigenvalue weighted by Gasteiger charge is 2.21. The predicted octanol–water partition coefficient (Wildman–Crippen LogP) is 4.22. The molecule has 0 saturated carbocycles. The molecule has 0 N–H and O–H groups in total. The van der Waals surface area contributed by atoms with Crippen LogP contribution in [0.2, 0.25) is 5.02 Å². The zero-order valence-electron chi connectivity index (χ0n) is 14.2. The van der Waals surface area contributed by atoms with Crippen LogP contribution in [0.3, 0.4) is 0 Å². The largest absolute Gasteiger partial charge is 0.439 e. The van der Waals surface area contributed by atoms with E-state index in [1.807, 2.05) is 6.07 Å². The van der Waals surface area contributed by atoms with Crippen LogP contribution in [0.25, 0.3) is 0 Å². The van der Waals surface area contributed by atoms with Crippen LogP contribution in [-0.4, -0.2) is 20.4 Å². The Balaban J connectivity index is 1.80. The van der Waals surface area contributed by atoms with Gasteiger partial charge in [0.05, 0.1) is 10.6 Å². The first kappa shape index (κ1) is 18.7. The van der Waals surface area contributed by atoms with Crippen molar-refractivity contribution in [2.75, 3.05) is 11.4 Å². The Morgan fingerprint density at radius 3 is 2.33 bits per heavy atom. The molecule has 1 heterocycles. The molecule has 27 heavy (non-hydrogen) atoms. The number of aromatic nitrogens is 1. The summed E-state index contributed by atoms with van der Waals surface area (Å²) in [6.07, 6.45) is 0. The smallest absolute Gasteiger partial charge is 0.264 e. The topological polar surface area (TPSA) is 83.3 Å². The van der Waals surface area contributed by atoms with E-state index in [-0.39, 0.29) is 16.5 Å². The molecule has 0 unspecified atom stereocenters. The number of sulfonamides is 1. The van der Waals surface area contributed by atoms with Gasteiger partial charge in [-0.05, 0) is 54.6 Å². The number of nitrogens with zero attached hydrogens (tertiary/aromatic N) is 3. The molecule has 8 heteroatoms. The van der Waals surface area contributed by atoms with Crippen molar-refractivity contribution in [3.63, 3.8) is 0 Å². The SMILES string of the molecule is CN(c1ccc(Oc2cccc(C#N)n2)cc1)S(=O)(=O)c1ccc(Cl)cc1. The van der Waals surface area contributed by atoms with Crippen LogP contribution < -0.4 is 9.04 Å². The van der Waals surface area contributed by atoms with Gasteiger partial charge in [-0.1, -0.05) is 17.7 Å². The lowest BCUT2D eigenvalue weighted by atomic mass is 10.3. The van der Waals surface area contributed by atoms with Crippen molar-refractivity contribution in [3.8, 4) is 17.7 Å². The average Bonchev–Trinajstić information content (AvgIpc) is 2.68. The molecule has 0 bridgehead atoms. The van der Waals surface area contributed by atoms with E-state index in [1.54, 1.807) is 42.5 Å². The summed E-state index contributed by atoms with van der Waals surface area (Å²) in [5, 5.41) is 9.34. The molecule has 0 aliphatic rings. The van der Waals surface area contributed by atoms with E-state index in [0.29, 0.717) is 16.5 Å². The number of nitriles is 1. The third-order valence-corrected chi connectivity index (χ3v) is 5.78. The second kappa shape index (κ2) is 7.66. The van der Waals surface area contributed by atoms with Gasteiger partial charge in [0.2, 0.25) is 5.88 Å². The van der Waals surface area contributed by atoms with Crippen LogP contribution in [0.15, 0.2) is 71.6 Å². The summed E-state index contributed by atoms with van der Waals surface area (Å²) in [4.78, 5) is 4.18. The Bertz CT molecular complexity index is 1090. The average molecular weight is 400 g/mol. The number of rotatable bonds is 5. The van der Waals surface area contributed by atoms with Gasteiger partial charge in [0.25, 0.3) is 10.0 Å². The van der Waals surface area contributed by atoms with Crippen LogP contribution in [0, 0.1) is 11.3 Å². The predicted molar refractivity (Wildman–Crippen MR) is 103 cm³/mol. The molecule has 0 aliphatic heterocycles. The Morgan fingerprint density at radius 2 is 1.70 bits per heavy atom. The fourth-order valence-electron chi connectivity index (χ4n) is 2.28. The summed E-state index contributed by atoms with van der Waals surface area (Å²) in [5.41, 5.74) is 0.717. The van der Waals surface area contributed by atoms with E-state index in [9.17, 15) is 8.42 Å². The molecule has 6 nitrogen and oxygen atoms in total. The van der Waals surface area contributed by atoms with Gasteiger partial charge in [-0.15, -0.1) is 0 Å². The van der Waals surface area contributed by atoms with E-state index < -0.39 is 10.0 Å². The second-order valence-corrected chi connectivity index (χ2v) is 7.90. The van der Waals surface area contributed by atoms with E-state index >= 15 is 0 Å². The fraction of sp³-hybridized carbons (Fsp3) is 0.0526. The first-order valence-corrected chi connectivity index (χ1v) is 9.61. The molecule has 0 radical (unpaired) electrons. The van der Waals surface area contributed by atoms with Crippen molar-refractivity contribution in [3.05, 3.63) is 77.4 Å². The van der Waals surface area contributed by atoms with Crippen molar-refractivity contribution in [1.82, 2.24) is 4.98 Å². The van der Waals surface area contributed by atoms with E-state index in [0.717, 1.165) is 0 Å². The molecule has 0 fully saturated rings. The highest BCUT2D eigenvalue weighted by molar-refractivity contribution is 7.92. The third kappa shape index (κ3) is 4.19. The molecule has 2 aromatic carbocycles. The molecular formula is C19H14ClN3O3S. The minimum atomic E-state index is -3.70. The Hall–Kier alpha value is -3.08. The summed E-state index contributed by atoms with van der Waals surface area (Å²) in [5.74, 6) is 0.752. The summed E-state index contributed by atoms with van der Waals surface area (Å²) < 4.78 is 32.2. The molecule has 3 aromatic rings. The maximum atomic E-state index is 12.7. The van der Waals surface area contributed by atoms with Gasteiger partial charge in [0.1, 0.15) is 17.5 Å². The highest BCUT2D eigenvalue weighted by atomic mass is 35.5. The quantitative estimate of drug-likeness (QED) is 0.641. The van der Waals surface area contributed by atoms with Crippen molar-refractivity contribution in [2.24, 2.45) is 0 Å². The summed E-state index contributed by atoms with van der Waals surface area (Å²) in [6, 6.07) is 19.3. The lowest BCUT2D eigenvalue weighted by Gasteiger charge is -2.19. The minimum Gasteiger partial charge on any atom is -0.439 e. The molecule has 0 spiro atoms. The van der Waals surface area contributed by atoms with Gasteiger partial charge in [-0.3, -0.25) is 4.31 Å². The summed E-state index contributed by atoms with van der Waals surface area (Å²) >= 11 is 5.82. The van der Waals surface area contributed by atoms with Crippen molar-refractivity contribution in [2.45, 2.75) is 4.90 Å². The summed E-state index contributed by atoms with van der Waals surface area (Å²) in [6.45, 7) is 0. The molecule has 1 aromatic heterocycles. The first-order valence-electron chi connectivity index (χ1n) is 7.80. The van der Waals surface area contributed by atoms with E-state index in [2.05, 4.69) is 4.98 Å². The molecule has 136 valence electrons. The van der Waals surface area contributed by atoms with Crippen LogP contribution in [0.4, 0.5) is 5.69 Å². The zero-order chi connectivity index (χ0) is 19.4. The highest BCUT2D eigenvalue weighted by Crippen LogP contribution is 2.27. The van der Waals surface area contributed by atoms with Gasteiger partial charge in [0, 0.05) is 18.1 Å². The fourth-order valence-corrected chi connectivity index (χ4v) is 3.60. The summed E-state index contributed by atoms with van der Waals surface area (Å²) in [7, 11) is -2.23. The van der Waals surface area contributed by atoms with Crippen molar-refractivity contribution >= 4 is 27.3 Å². The Kier molecular flexibility index (Phi) is 5.31. The first-order chi connectivity index (χ1) is 12.9. The maximum absolute atomic E-state index is 12.7. The number of halogens is 1. The third-order valence-electron chi connectivity index (χ3n) is 3.73. The molecule has 0 saturated heterocycles. The van der Waals surface area contributed by atoms with Crippen LogP contribution in [-0.2, 0) is 10.0 Å². The van der Waals surface area contributed by atoms with Crippen LogP contribution >= 0.6 is 11.6 Å². The number of ether oxygens (including phenoxy) is 1. The minimum absolute atomic E-state index is 0.146. The van der Waals surface area contributed by atoms with Crippen LogP contribution in [0.5, 0.6) is 11.6 Å². The molecule has 3 rings (SSSR count). The van der Waals surface area contributed by atoms with Gasteiger partial charge < -0.3 is 4.74 Å². The molecular weight excluding hydrogens is 386 g/mol. The molecule has 0 aliphatic carbocycles. The number of pyridine rings is 1. The van der Waals surface area contributed by atoms with Crippen molar-refractivity contribution < 1.29 is 13.2 Å². The number of hydrogen-bond acceptors (Lipinski definition) is 5. The van der Waals surface area contributed by atoms with Gasteiger partial charge in [-0.2, -0.15) is 5.26 Å². The van der Waals surface area contributed by atoms with Gasteiger partial charge in [0.15, 0.2) is 0 Å². The second-order valence-electron chi connectivity index (χ2n) is 5.50. The van der Waals surface area contributed by atoms with E-state index in [1.165, 1.54) is 35.6 Å². The monoisotopic (exact) mass is 399 g/mol. The van der Waals surface area contributed by atoms with Crippen molar-refractivity contribution in [1.29, 1.82) is 5.26 Å². The van der Waals surface area contributed by atoms with E-state index in [4.69, 9.17) is 21.6 Å². The lowest BCUT2D eigenvalue weighted by Crippen LogP contribution is -2.26. The number of benzene rings is 2. The molecule has 0 atom stereocenters. The lowest BCUT2D eigenvalue weighted by molar-refractivity contribution is 0.462. The van der Waals surface area contributed by atoms with Gasteiger partial charge >= 0.3 is 0 Å². The van der Waals surface area contributed by atoms with Gasteiger partial charge in [-0.25, -0.2) is 13.4 Å². The number of hydrogen-bond donors (Lipinski definition) is 0. The standard InChI is InChI=1S/C19H14ClN3O3S/c1-23(27(24,25)18-11-5-14(20)6-12-18)16-7-9-17(10-8-16)26-19-4-2-3-15(13-21)22-19/h2-12H,1H3. The normalized spacial score (nSPS) is 10.9. The Labute approximate surface area is 162 Å². The maximum Gasteiger partial charge on any atom is 0.264 e. The molecule has 0 amide bonds. The number of anilines is 1. The zero-order valence-corrected chi connectivity index (χ0v) is 15.8.